The molecule has 0 radical (unpaired) electrons. The van der Waals surface area contributed by atoms with Crippen molar-refractivity contribution in [2.75, 3.05) is 19.6 Å². The lowest BCUT2D eigenvalue weighted by Gasteiger charge is -2.34. The molecule has 2 atom stereocenters. The summed E-state index contributed by atoms with van der Waals surface area (Å²) in [5.74, 6) is -0.649. The van der Waals surface area contributed by atoms with Crippen LogP contribution in [-0.2, 0) is 11.2 Å². The van der Waals surface area contributed by atoms with Crippen molar-refractivity contribution >= 4 is 23.3 Å². The van der Waals surface area contributed by atoms with E-state index in [2.05, 4.69) is 24.1 Å². The summed E-state index contributed by atoms with van der Waals surface area (Å²) >= 11 is 1.65. The Morgan fingerprint density at radius 3 is 2.83 bits per heavy atom. The highest BCUT2D eigenvalue weighted by Crippen LogP contribution is 2.22. The Kier molecular flexibility index (Phi) is 5.98. The second-order valence-corrected chi connectivity index (χ2v) is 7.48. The maximum Gasteiger partial charge on any atom is 0.317 e. The van der Waals surface area contributed by atoms with Gasteiger partial charge in [-0.2, -0.15) is 0 Å². The van der Waals surface area contributed by atoms with E-state index in [1.165, 1.54) is 0 Å². The lowest BCUT2D eigenvalue weighted by atomic mass is 9.91. The maximum absolute atomic E-state index is 12.2. The Bertz CT molecular complexity index is 559. The van der Waals surface area contributed by atoms with Crippen LogP contribution in [0, 0.1) is 11.8 Å². The van der Waals surface area contributed by atoms with Crippen LogP contribution in [0.4, 0.5) is 4.79 Å². The molecule has 1 saturated heterocycles. The first-order valence-electron chi connectivity index (χ1n) is 8.06. The fourth-order valence-electron chi connectivity index (χ4n) is 2.81. The van der Waals surface area contributed by atoms with Crippen LogP contribution in [0.25, 0.3) is 0 Å². The average molecular weight is 339 g/mol. The van der Waals surface area contributed by atoms with Crippen LogP contribution in [0.1, 0.15) is 43.8 Å². The average Bonchev–Trinajstić information content (AvgIpc) is 2.95. The molecule has 2 heterocycles. The lowest BCUT2D eigenvalue weighted by Crippen LogP contribution is -2.49. The largest absolute Gasteiger partial charge is 0.481 e. The molecule has 0 aliphatic carbocycles. The quantitative estimate of drug-likeness (QED) is 0.864. The van der Waals surface area contributed by atoms with Crippen LogP contribution in [0.3, 0.4) is 0 Å². The van der Waals surface area contributed by atoms with Gasteiger partial charge in [-0.25, -0.2) is 9.78 Å². The Morgan fingerprint density at radius 2 is 2.22 bits per heavy atom. The summed E-state index contributed by atoms with van der Waals surface area (Å²) in [6, 6.07) is -0.179. The van der Waals surface area contributed by atoms with E-state index in [4.69, 9.17) is 5.11 Å². The van der Waals surface area contributed by atoms with Gasteiger partial charge in [-0.15, -0.1) is 11.3 Å². The molecule has 1 aliphatic heterocycles. The topological polar surface area (TPSA) is 82.5 Å². The molecule has 2 N–H and O–H groups in total. The van der Waals surface area contributed by atoms with Gasteiger partial charge in [-0.05, 0) is 12.3 Å². The van der Waals surface area contributed by atoms with Crippen molar-refractivity contribution in [2.45, 2.75) is 39.5 Å². The van der Waals surface area contributed by atoms with Gasteiger partial charge in [0, 0.05) is 37.4 Å². The van der Waals surface area contributed by atoms with Crippen LogP contribution in [0.15, 0.2) is 5.38 Å². The number of nitrogens with one attached hydrogen (secondary N) is 1. The van der Waals surface area contributed by atoms with Crippen molar-refractivity contribution in [3.8, 4) is 0 Å². The molecule has 2 rings (SSSR count). The van der Waals surface area contributed by atoms with E-state index in [9.17, 15) is 9.59 Å². The number of urea groups is 1. The molecule has 1 aromatic rings. The van der Waals surface area contributed by atoms with E-state index in [-0.39, 0.29) is 11.9 Å². The van der Waals surface area contributed by atoms with Crippen LogP contribution in [0.2, 0.25) is 0 Å². The molecule has 23 heavy (non-hydrogen) atoms. The van der Waals surface area contributed by atoms with E-state index < -0.39 is 11.9 Å². The summed E-state index contributed by atoms with van der Waals surface area (Å²) in [4.78, 5) is 29.5. The normalized spacial score (nSPS) is 21.5. The van der Waals surface area contributed by atoms with Gasteiger partial charge >= 0.3 is 12.0 Å². The number of aromatic nitrogens is 1. The number of aliphatic carboxylic acids is 1. The van der Waals surface area contributed by atoms with Gasteiger partial charge in [0.2, 0.25) is 0 Å². The summed E-state index contributed by atoms with van der Waals surface area (Å²) in [5.41, 5.74) is 0.995. The monoisotopic (exact) mass is 339 g/mol. The number of hydrogen-bond acceptors (Lipinski definition) is 4. The zero-order valence-electron chi connectivity index (χ0n) is 13.9. The van der Waals surface area contributed by atoms with Gasteiger partial charge in [0.05, 0.1) is 16.6 Å². The van der Waals surface area contributed by atoms with E-state index in [0.717, 1.165) is 10.7 Å². The molecule has 0 bridgehead atoms. The van der Waals surface area contributed by atoms with Crippen LogP contribution < -0.4 is 5.32 Å². The predicted molar refractivity (Wildman–Crippen MR) is 89.8 cm³/mol. The van der Waals surface area contributed by atoms with Gasteiger partial charge in [-0.3, -0.25) is 4.79 Å². The smallest absolute Gasteiger partial charge is 0.317 e. The number of carboxylic acid groups (broad SMARTS) is 1. The minimum absolute atomic E-state index is 0.179. The van der Waals surface area contributed by atoms with Crippen molar-refractivity contribution in [3.05, 3.63) is 16.1 Å². The molecule has 2 unspecified atom stereocenters. The van der Waals surface area contributed by atoms with Crippen LogP contribution >= 0.6 is 11.3 Å². The zero-order chi connectivity index (χ0) is 17.0. The van der Waals surface area contributed by atoms with E-state index in [1.807, 2.05) is 12.3 Å². The Morgan fingerprint density at radius 1 is 1.48 bits per heavy atom. The molecule has 1 fully saturated rings. The number of thiazole rings is 1. The summed E-state index contributed by atoms with van der Waals surface area (Å²) in [7, 11) is 0. The first-order valence-corrected chi connectivity index (χ1v) is 8.94. The number of amides is 2. The highest BCUT2D eigenvalue weighted by molar-refractivity contribution is 7.09. The standard InChI is InChI=1S/C16H25N3O3S/c1-10(2)14-18-13(9-23-14)4-5-17-16(22)19-7-11(3)6-12(8-19)15(20)21/h9-12H,4-8H2,1-3H3,(H,17,22)(H,20,21). The Balaban J connectivity index is 1.80. The van der Waals surface area contributed by atoms with E-state index >= 15 is 0 Å². The Hall–Kier alpha value is -1.63. The maximum atomic E-state index is 12.2. The van der Waals surface area contributed by atoms with Gasteiger partial charge < -0.3 is 15.3 Å². The van der Waals surface area contributed by atoms with Gasteiger partial charge in [0.15, 0.2) is 0 Å². The molecule has 0 spiro atoms. The molecule has 1 aromatic heterocycles. The highest BCUT2D eigenvalue weighted by Gasteiger charge is 2.31. The van der Waals surface area contributed by atoms with Crippen molar-refractivity contribution in [1.82, 2.24) is 15.2 Å². The number of hydrogen-bond donors (Lipinski definition) is 2. The molecule has 6 nitrogen and oxygen atoms in total. The zero-order valence-corrected chi connectivity index (χ0v) is 14.7. The molecular formula is C16H25N3O3S. The number of carboxylic acids is 1. The van der Waals surface area contributed by atoms with Gasteiger partial charge in [0.25, 0.3) is 0 Å². The number of carbonyl (C=O) groups is 2. The third kappa shape index (κ3) is 4.92. The fourth-order valence-corrected chi connectivity index (χ4v) is 3.68. The number of rotatable bonds is 5. The van der Waals surface area contributed by atoms with Crippen LogP contribution in [-0.4, -0.2) is 46.6 Å². The molecule has 7 heteroatoms. The second-order valence-electron chi connectivity index (χ2n) is 6.59. The third-order valence-electron chi connectivity index (χ3n) is 4.02. The third-order valence-corrected chi connectivity index (χ3v) is 5.21. The van der Waals surface area contributed by atoms with E-state index in [0.29, 0.717) is 38.4 Å². The summed E-state index contributed by atoms with van der Waals surface area (Å²) in [6.45, 7) is 7.63. The summed E-state index contributed by atoms with van der Waals surface area (Å²) < 4.78 is 0. The fraction of sp³-hybridized carbons (Fsp3) is 0.688. The van der Waals surface area contributed by atoms with Gasteiger partial charge in [-0.1, -0.05) is 20.8 Å². The second kappa shape index (κ2) is 7.77. The van der Waals surface area contributed by atoms with Crippen molar-refractivity contribution in [1.29, 1.82) is 0 Å². The molecule has 1 aliphatic rings. The number of carbonyl (C=O) groups excluding carboxylic acids is 1. The molecule has 2 amide bonds. The van der Waals surface area contributed by atoms with Crippen molar-refractivity contribution < 1.29 is 14.7 Å². The lowest BCUT2D eigenvalue weighted by molar-refractivity contribution is -0.143. The predicted octanol–water partition coefficient (Wildman–Crippen LogP) is 2.56. The van der Waals surface area contributed by atoms with Crippen molar-refractivity contribution in [2.24, 2.45) is 11.8 Å². The molecule has 128 valence electrons. The first-order chi connectivity index (χ1) is 10.9. The summed E-state index contributed by atoms with van der Waals surface area (Å²) in [6.07, 6.45) is 1.33. The van der Waals surface area contributed by atoms with Crippen LogP contribution in [0.5, 0.6) is 0 Å². The molecular weight excluding hydrogens is 314 g/mol. The summed E-state index contributed by atoms with van der Waals surface area (Å²) in [5, 5.41) is 15.2. The Labute approximate surface area is 140 Å². The highest BCUT2D eigenvalue weighted by atomic mass is 32.1. The molecule has 0 aromatic carbocycles. The minimum atomic E-state index is -0.821. The van der Waals surface area contributed by atoms with Crippen molar-refractivity contribution in [3.63, 3.8) is 0 Å². The van der Waals surface area contributed by atoms with E-state index in [1.54, 1.807) is 16.2 Å². The number of nitrogens with zero attached hydrogens (tertiary/aromatic N) is 2. The number of likely N-dealkylation sites (tertiary alicyclic amines) is 1. The number of piperidine rings is 1. The molecule has 0 saturated carbocycles. The first kappa shape index (κ1) is 17.7. The minimum Gasteiger partial charge on any atom is -0.481 e. The SMILES string of the molecule is CC1CC(C(=O)O)CN(C(=O)NCCc2csc(C(C)C)n2)C1. The van der Waals surface area contributed by atoms with Gasteiger partial charge in [0.1, 0.15) is 0 Å².